The minimum atomic E-state index is -0.319. The van der Waals surface area contributed by atoms with Crippen LogP contribution in [-0.2, 0) is 0 Å². The molecular weight excluding hydrogens is 260 g/mol. The highest BCUT2D eigenvalue weighted by molar-refractivity contribution is 6.33. The molecule has 0 bridgehead atoms. The van der Waals surface area contributed by atoms with Gasteiger partial charge in [0.1, 0.15) is 0 Å². The van der Waals surface area contributed by atoms with Crippen LogP contribution in [0.5, 0.6) is 0 Å². The van der Waals surface area contributed by atoms with Crippen molar-refractivity contribution in [3.8, 4) is 0 Å². The molecule has 2 aromatic rings. The molecule has 96 valence electrons. The molecule has 3 nitrogen and oxygen atoms in total. The van der Waals surface area contributed by atoms with Crippen LogP contribution in [0.4, 0.5) is 0 Å². The first-order valence-electron chi connectivity index (χ1n) is 5.83. The first-order valence-corrected chi connectivity index (χ1v) is 6.21. The summed E-state index contributed by atoms with van der Waals surface area (Å²) in [5.74, 6) is -0.319. The van der Waals surface area contributed by atoms with Gasteiger partial charge in [0.2, 0.25) is 0 Å². The third kappa shape index (κ3) is 3.42. The third-order valence-corrected chi connectivity index (χ3v) is 2.96. The van der Waals surface area contributed by atoms with Gasteiger partial charge in [-0.3, -0.25) is 4.79 Å². The molecule has 0 saturated heterocycles. The van der Waals surface area contributed by atoms with Crippen molar-refractivity contribution in [3.05, 3.63) is 70.7 Å². The lowest BCUT2D eigenvalue weighted by molar-refractivity contribution is 0.0955. The number of hydrogen-bond donors (Lipinski definition) is 1. The summed E-state index contributed by atoms with van der Waals surface area (Å²) in [6.07, 6.45) is 0. The first-order chi connectivity index (χ1) is 9.18. The van der Waals surface area contributed by atoms with Gasteiger partial charge in [0.25, 0.3) is 5.91 Å². The molecule has 1 N–H and O–H groups in total. The fourth-order valence-corrected chi connectivity index (χ4v) is 1.81. The Morgan fingerprint density at radius 2 is 1.68 bits per heavy atom. The SMILES string of the molecule is CC(=NNC(=O)c1ccccc1Cl)c1ccccc1. The number of benzene rings is 2. The maximum absolute atomic E-state index is 11.9. The lowest BCUT2D eigenvalue weighted by Gasteiger charge is -2.04. The Hall–Kier alpha value is -2.13. The number of amides is 1. The molecule has 0 aliphatic carbocycles. The second kappa shape index (κ2) is 6.16. The molecular formula is C15H13ClN2O. The fraction of sp³-hybridized carbons (Fsp3) is 0.0667. The van der Waals surface area contributed by atoms with E-state index in [1.54, 1.807) is 24.3 Å². The van der Waals surface area contributed by atoms with Crippen LogP contribution in [0.25, 0.3) is 0 Å². The molecule has 0 radical (unpaired) electrons. The maximum atomic E-state index is 11.9. The quantitative estimate of drug-likeness (QED) is 0.674. The highest BCUT2D eigenvalue weighted by Gasteiger charge is 2.08. The molecule has 0 aliphatic rings. The lowest BCUT2D eigenvalue weighted by Crippen LogP contribution is -2.19. The number of hydrogen-bond acceptors (Lipinski definition) is 2. The lowest BCUT2D eigenvalue weighted by atomic mass is 10.1. The van der Waals surface area contributed by atoms with E-state index in [0.29, 0.717) is 10.6 Å². The molecule has 0 spiro atoms. The maximum Gasteiger partial charge on any atom is 0.272 e. The second-order valence-corrected chi connectivity index (χ2v) is 4.39. The summed E-state index contributed by atoms with van der Waals surface area (Å²) < 4.78 is 0. The predicted molar refractivity (Wildman–Crippen MR) is 77.6 cm³/mol. The van der Waals surface area contributed by atoms with Crippen LogP contribution in [0.15, 0.2) is 59.7 Å². The highest BCUT2D eigenvalue weighted by atomic mass is 35.5. The normalized spacial score (nSPS) is 11.2. The Kier molecular flexibility index (Phi) is 4.31. The average Bonchev–Trinajstić information content (AvgIpc) is 2.46. The molecule has 2 rings (SSSR count). The number of carbonyl (C=O) groups excluding carboxylic acids is 1. The Morgan fingerprint density at radius 3 is 2.37 bits per heavy atom. The van der Waals surface area contributed by atoms with E-state index in [2.05, 4.69) is 10.5 Å². The van der Waals surface area contributed by atoms with E-state index in [4.69, 9.17) is 11.6 Å². The number of nitrogens with zero attached hydrogens (tertiary/aromatic N) is 1. The van der Waals surface area contributed by atoms with E-state index in [0.717, 1.165) is 11.3 Å². The van der Waals surface area contributed by atoms with E-state index in [1.165, 1.54) is 0 Å². The summed E-state index contributed by atoms with van der Waals surface area (Å²) in [4.78, 5) is 11.9. The fourth-order valence-electron chi connectivity index (χ4n) is 1.58. The zero-order valence-corrected chi connectivity index (χ0v) is 11.2. The van der Waals surface area contributed by atoms with Crippen molar-refractivity contribution in [2.45, 2.75) is 6.92 Å². The van der Waals surface area contributed by atoms with Crippen LogP contribution in [0.3, 0.4) is 0 Å². The zero-order chi connectivity index (χ0) is 13.7. The van der Waals surface area contributed by atoms with Gasteiger partial charge in [-0.15, -0.1) is 0 Å². The van der Waals surface area contributed by atoms with Crippen molar-refractivity contribution in [1.29, 1.82) is 0 Å². The van der Waals surface area contributed by atoms with Gasteiger partial charge >= 0.3 is 0 Å². The van der Waals surface area contributed by atoms with E-state index in [9.17, 15) is 4.79 Å². The molecule has 2 aromatic carbocycles. The number of halogens is 1. The van der Waals surface area contributed by atoms with Gasteiger partial charge < -0.3 is 0 Å². The Balaban J connectivity index is 2.11. The van der Waals surface area contributed by atoms with Gasteiger partial charge in [-0.05, 0) is 24.6 Å². The smallest absolute Gasteiger partial charge is 0.267 e. The summed E-state index contributed by atoms with van der Waals surface area (Å²) in [6, 6.07) is 16.5. The summed E-state index contributed by atoms with van der Waals surface area (Å²) in [7, 11) is 0. The molecule has 0 fully saturated rings. The predicted octanol–water partition coefficient (Wildman–Crippen LogP) is 3.49. The highest BCUT2D eigenvalue weighted by Crippen LogP contribution is 2.14. The van der Waals surface area contributed by atoms with Gasteiger partial charge in [-0.25, -0.2) is 5.43 Å². The molecule has 0 aliphatic heterocycles. The topological polar surface area (TPSA) is 41.5 Å². The summed E-state index contributed by atoms with van der Waals surface area (Å²) >= 11 is 5.94. The van der Waals surface area contributed by atoms with Gasteiger partial charge in [0.15, 0.2) is 0 Å². The standard InChI is InChI=1S/C15H13ClN2O/c1-11(12-7-3-2-4-8-12)17-18-15(19)13-9-5-6-10-14(13)16/h2-10H,1H3,(H,18,19). The first kappa shape index (κ1) is 13.3. The molecule has 19 heavy (non-hydrogen) atoms. The van der Waals surface area contributed by atoms with E-state index in [1.807, 2.05) is 37.3 Å². The van der Waals surface area contributed by atoms with Crippen molar-refractivity contribution >= 4 is 23.2 Å². The minimum Gasteiger partial charge on any atom is -0.267 e. The van der Waals surface area contributed by atoms with Crippen molar-refractivity contribution in [3.63, 3.8) is 0 Å². The Morgan fingerprint density at radius 1 is 1.05 bits per heavy atom. The Labute approximate surface area is 116 Å². The summed E-state index contributed by atoms with van der Waals surface area (Å²) in [5.41, 5.74) is 4.61. The molecule has 1 amide bonds. The zero-order valence-electron chi connectivity index (χ0n) is 10.4. The van der Waals surface area contributed by atoms with Crippen molar-refractivity contribution in [1.82, 2.24) is 5.43 Å². The average molecular weight is 273 g/mol. The number of rotatable bonds is 3. The molecule has 0 aromatic heterocycles. The number of carbonyl (C=O) groups is 1. The van der Waals surface area contributed by atoms with Gasteiger partial charge in [-0.1, -0.05) is 54.1 Å². The summed E-state index contributed by atoms with van der Waals surface area (Å²) in [5, 5.41) is 4.48. The van der Waals surface area contributed by atoms with Gasteiger partial charge in [-0.2, -0.15) is 5.10 Å². The molecule has 0 heterocycles. The van der Waals surface area contributed by atoms with Crippen LogP contribution in [0.2, 0.25) is 5.02 Å². The minimum absolute atomic E-state index is 0.319. The second-order valence-electron chi connectivity index (χ2n) is 3.98. The molecule has 0 saturated carbocycles. The van der Waals surface area contributed by atoms with Crippen LogP contribution in [-0.4, -0.2) is 11.6 Å². The van der Waals surface area contributed by atoms with Gasteiger partial charge in [0, 0.05) is 0 Å². The monoisotopic (exact) mass is 272 g/mol. The van der Waals surface area contributed by atoms with Crippen LogP contribution >= 0.6 is 11.6 Å². The number of hydrazone groups is 1. The van der Waals surface area contributed by atoms with Crippen LogP contribution in [0, 0.1) is 0 Å². The Bertz CT molecular complexity index is 609. The molecule has 0 atom stereocenters. The van der Waals surface area contributed by atoms with E-state index < -0.39 is 0 Å². The van der Waals surface area contributed by atoms with Crippen molar-refractivity contribution in [2.24, 2.45) is 5.10 Å². The van der Waals surface area contributed by atoms with Crippen LogP contribution < -0.4 is 5.43 Å². The van der Waals surface area contributed by atoms with Crippen molar-refractivity contribution in [2.75, 3.05) is 0 Å². The largest absolute Gasteiger partial charge is 0.272 e. The van der Waals surface area contributed by atoms with Crippen LogP contribution in [0.1, 0.15) is 22.8 Å². The summed E-state index contributed by atoms with van der Waals surface area (Å²) in [6.45, 7) is 1.84. The molecule has 0 unspecified atom stereocenters. The number of nitrogens with one attached hydrogen (secondary N) is 1. The van der Waals surface area contributed by atoms with Crippen molar-refractivity contribution < 1.29 is 4.79 Å². The van der Waals surface area contributed by atoms with E-state index in [-0.39, 0.29) is 5.91 Å². The van der Waals surface area contributed by atoms with Gasteiger partial charge in [0.05, 0.1) is 16.3 Å². The third-order valence-electron chi connectivity index (χ3n) is 2.64. The van der Waals surface area contributed by atoms with E-state index >= 15 is 0 Å². The molecule has 4 heteroatoms.